The maximum atomic E-state index is 12.4. The quantitative estimate of drug-likeness (QED) is 0.0662. The van der Waals surface area contributed by atoms with E-state index in [0.717, 1.165) is 29.7 Å². The van der Waals surface area contributed by atoms with Gasteiger partial charge in [0.2, 0.25) is 0 Å². The van der Waals surface area contributed by atoms with Crippen LogP contribution in [0.2, 0.25) is 5.02 Å². The molecule has 0 saturated heterocycles. The molecule has 0 saturated carbocycles. The highest BCUT2D eigenvalue weighted by atomic mass is 35.5. The first-order valence-electron chi connectivity index (χ1n) is 12.9. The number of hydrogen-bond donors (Lipinski definition) is 1. The number of amides is 1. The second-order valence-electron chi connectivity index (χ2n) is 8.82. The van der Waals surface area contributed by atoms with Gasteiger partial charge in [-0.15, -0.1) is 0 Å². The summed E-state index contributed by atoms with van der Waals surface area (Å²) in [4.78, 5) is 24.8. The Bertz CT molecular complexity index is 1420. The van der Waals surface area contributed by atoms with Crippen molar-refractivity contribution in [1.29, 1.82) is 0 Å². The third-order valence-electron chi connectivity index (χ3n) is 5.76. The van der Waals surface area contributed by atoms with Gasteiger partial charge in [-0.2, -0.15) is 5.10 Å². The maximum absolute atomic E-state index is 12.4. The molecule has 0 heterocycles. The molecule has 0 atom stereocenters. The van der Waals surface area contributed by atoms with Crippen molar-refractivity contribution in [3.05, 3.63) is 124 Å². The van der Waals surface area contributed by atoms with Gasteiger partial charge in [0, 0.05) is 10.6 Å². The lowest BCUT2D eigenvalue weighted by atomic mass is 10.2. The smallest absolute Gasteiger partial charge is 0.343 e. The van der Waals surface area contributed by atoms with E-state index < -0.39 is 5.97 Å². The molecule has 8 heteroatoms. The van der Waals surface area contributed by atoms with Crippen molar-refractivity contribution in [1.82, 2.24) is 5.43 Å². The molecule has 0 radical (unpaired) electrons. The highest BCUT2D eigenvalue weighted by Gasteiger charge is 2.09. The van der Waals surface area contributed by atoms with E-state index >= 15 is 0 Å². The minimum absolute atomic E-state index is 0.354. The zero-order chi connectivity index (χ0) is 28.2. The molecular formula is C32H29ClN2O5. The summed E-state index contributed by atoms with van der Waals surface area (Å²) in [6.07, 6.45) is 3.54. The first kappa shape index (κ1) is 28.4. The Labute approximate surface area is 238 Å². The van der Waals surface area contributed by atoms with E-state index in [-0.39, 0.29) is 5.91 Å². The Balaban J connectivity index is 1.22. The molecule has 0 bridgehead atoms. The van der Waals surface area contributed by atoms with Gasteiger partial charge in [-0.3, -0.25) is 4.79 Å². The minimum Gasteiger partial charge on any atom is -0.494 e. The summed E-state index contributed by atoms with van der Waals surface area (Å²) in [7, 11) is 0. The van der Waals surface area contributed by atoms with Gasteiger partial charge in [0.15, 0.2) is 0 Å². The molecule has 0 aromatic heterocycles. The molecule has 0 fully saturated rings. The number of halogens is 1. The minimum atomic E-state index is -0.463. The zero-order valence-corrected chi connectivity index (χ0v) is 22.8. The zero-order valence-electron chi connectivity index (χ0n) is 22.0. The lowest BCUT2D eigenvalue weighted by Gasteiger charge is -2.07. The number of rotatable bonds is 12. The van der Waals surface area contributed by atoms with Gasteiger partial charge < -0.3 is 14.2 Å². The Kier molecular flexibility index (Phi) is 10.3. The lowest BCUT2D eigenvalue weighted by Crippen LogP contribution is -2.17. The molecule has 7 nitrogen and oxygen atoms in total. The Morgan fingerprint density at radius 1 is 0.775 bits per heavy atom. The standard InChI is InChI=1S/C32H29ClN2O5/c1-2-3-20-38-28-18-10-26(11-19-28)32(37)40-30-14-6-23(7-15-30)21-34-35-31(36)25-8-16-29(17-9-25)39-22-24-4-12-27(33)13-5-24/h4-19,21H,2-3,20,22H2,1H3,(H,35,36)/b34-21+. The maximum Gasteiger partial charge on any atom is 0.343 e. The molecular weight excluding hydrogens is 528 g/mol. The van der Waals surface area contributed by atoms with Gasteiger partial charge in [-0.25, -0.2) is 10.2 Å². The summed E-state index contributed by atoms with van der Waals surface area (Å²) < 4.78 is 16.8. The monoisotopic (exact) mass is 556 g/mol. The van der Waals surface area contributed by atoms with Crippen LogP contribution in [0.4, 0.5) is 0 Å². The number of unbranched alkanes of at least 4 members (excludes halogenated alkanes) is 1. The number of ether oxygens (including phenoxy) is 3. The highest BCUT2D eigenvalue weighted by Crippen LogP contribution is 2.18. The van der Waals surface area contributed by atoms with Crippen LogP contribution in [0, 0.1) is 0 Å². The molecule has 0 aliphatic rings. The molecule has 204 valence electrons. The number of hydrazone groups is 1. The topological polar surface area (TPSA) is 86.2 Å². The summed E-state index contributed by atoms with van der Waals surface area (Å²) in [5, 5.41) is 4.68. The van der Waals surface area contributed by atoms with Crippen LogP contribution in [0.3, 0.4) is 0 Å². The van der Waals surface area contributed by atoms with E-state index in [2.05, 4.69) is 17.5 Å². The lowest BCUT2D eigenvalue weighted by molar-refractivity contribution is 0.0734. The first-order valence-corrected chi connectivity index (χ1v) is 13.2. The summed E-state index contributed by atoms with van der Waals surface area (Å²) in [5.74, 6) is 0.942. The van der Waals surface area contributed by atoms with Crippen LogP contribution >= 0.6 is 11.6 Å². The number of benzene rings is 4. The van der Waals surface area contributed by atoms with Gasteiger partial charge in [-0.1, -0.05) is 37.1 Å². The van der Waals surface area contributed by atoms with E-state index in [0.29, 0.717) is 40.9 Å². The molecule has 4 rings (SSSR count). The van der Waals surface area contributed by atoms with Crippen LogP contribution in [-0.4, -0.2) is 24.7 Å². The Morgan fingerprint density at radius 3 is 2.02 bits per heavy atom. The predicted octanol–water partition coefficient (Wildman–Crippen LogP) is 7.08. The van der Waals surface area contributed by atoms with E-state index in [9.17, 15) is 9.59 Å². The van der Waals surface area contributed by atoms with Crippen LogP contribution in [0.5, 0.6) is 17.2 Å². The molecule has 1 N–H and O–H groups in total. The molecule has 0 aliphatic heterocycles. The average molecular weight is 557 g/mol. The highest BCUT2D eigenvalue weighted by molar-refractivity contribution is 6.30. The van der Waals surface area contributed by atoms with Crippen LogP contribution in [0.25, 0.3) is 0 Å². The van der Waals surface area contributed by atoms with Crippen LogP contribution in [0.15, 0.2) is 102 Å². The van der Waals surface area contributed by atoms with E-state index in [1.165, 1.54) is 6.21 Å². The summed E-state index contributed by atoms with van der Waals surface area (Å²) in [6.45, 7) is 3.14. The van der Waals surface area contributed by atoms with E-state index in [1.54, 1.807) is 72.8 Å². The fraction of sp³-hybridized carbons (Fsp3) is 0.156. The molecule has 4 aromatic carbocycles. The predicted molar refractivity (Wildman–Crippen MR) is 156 cm³/mol. The Hall–Kier alpha value is -4.62. The van der Waals surface area contributed by atoms with Crippen LogP contribution < -0.4 is 19.6 Å². The van der Waals surface area contributed by atoms with E-state index in [1.807, 2.05) is 24.3 Å². The summed E-state index contributed by atoms with van der Waals surface area (Å²) >= 11 is 5.90. The summed E-state index contributed by atoms with van der Waals surface area (Å²) in [5.41, 5.74) is 5.08. The van der Waals surface area contributed by atoms with Crippen molar-refractivity contribution >= 4 is 29.7 Å². The normalized spacial score (nSPS) is 10.8. The second-order valence-corrected chi connectivity index (χ2v) is 9.26. The van der Waals surface area contributed by atoms with Crippen molar-refractivity contribution in [3.63, 3.8) is 0 Å². The van der Waals surface area contributed by atoms with Gasteiger partial charge in [0.1, 0.15) is 23.9 Å². The third kappa shape index (κ3) is 8.71. The van der Waals surface area contributed by atoms with Gasteiger partial charge >= 0.3 is 5.97 Å². The van der Waals surface area contributed by atoms with Gasteiger partial charge in [0.05, 0.1) is 18.4 Å². The number of esters is 1. The molecule has 40 heavy (non-hydrogen) atoms. The number of nitrogens with one attached hydrogen (secondary N) is 1. The van der Waals surface area contributed by atoms with Gasteiger partial charge in [-0.05, 0) is 102 Å². The fourth-order valence-electron chi connectivity index (χ4n) is 3.49. The van der Waals surface area contributed by atoms with Crippen LogP contribution in [0.1, 0.15) is 51.6 Å². The van der Waals surface area contributed by atoms with Crippen LogP contribution in [-0.2, 0) is 6.61 Å². The molecule has 0 spiro atoms. The number of hydrogen-bond acceptors (Lipinski definition) is 6. The van der Waals surface area contributed by atoms with Crippen molar-refractivity contribution in [2.45, 2.75) is 26.4 Å². The second kappa shape index (κ2) is 14.5. The Morgan fingerprint density at radius 2 is 1.38 bits per heavy atom. The summed E-state index contributed by atoms with van der Waals surface area (Å²) in [6, 6.07) is 27.8. The van der Waals surface area contributed by atoms with E-state index in [4.69, 9.17) is 25.8 Å². The van der Waals surface area contributed by atoms with Crippen molar-refractivity contribution < 1.29 is 23.8 Å². The van der Waals surface area contributed by atoms with Crippen molar-refractivity contribution in [2.75, 3.05) is 6.61 Å². The van der Waals surface area contributed by atoms with Crippen molar-refractivity contribution in [3.8, 4) is 17.2 Å². The number of carbonyl (C=O) groups excluding carboxylic acids is 2. The fourth-order valence-corrected chi connectivity index (χ4v) is 3.62. The third-order valence-corrected chi connectivity index (χ3v) is 6.01. The molecule has 4 aromatic rings. The SMILES string of the molecule is CCCCOc1ccc(C(=O)Oc2ccc(/C=N/NC(=O)c3ccc(OCc4ccc(Cl)cc4)cc3)cc2)cc1. The average Bonchev–Trinajstić information content (AvgIpc) is 2.98. The first-order chi connectivity index (χ1) is 19.5. The largest absolute Gasteiger partial charge is 0.494 e. The number of carbonyl (C=O) groups is 2. The molecule has 1 amide bonds. The molecule has 0 aliphatic carbocycles. The van der Waals surface area contributed by atoms with Crippen molar-refractivity contribution in [2.24, 2.45) is 5.10 Å². The van der Waals surface area contributed by atoms with Gasteiger partial charge in [0.25, 0.3) is 5.91 Å². The number of nitrogens with zero attached hydrogens (tertiary/aromatic N) is 1. The molecule has 0 unspecified atom stereocenters.